The molecule has 0 saturated heterocycles. The monoisotopic (exact) mass is 593 g/mol. The van der Waals surface area contributed by atoms with Gasteiger partial charge in [-0.1, -0.05) is 0 Å². The zero-order valence-electron chi connectivity index (χ0n) is 21.6. The molecule has 4 aromatic carbocycles. The van der Waals surface area contributed by atoms with Crippen molar-refractivity contribution in [2.75, 3.05) is 0 Å². The van der Waals surface area contributed by atoms with Gasteiger partial charge in [-0.15, -0.1) is 0 Å². The molecule has 42 heavy (non-hydrogen) atoms. The first-order valence-electron chi connectivity index (χ1n) is 13.4. The Hall–Kier alpha value is -5.28. The molecule has 0 bridgehead atoms. The number of aromatic nitrogens is 2. The molecular weight excluding hydrogens is 576 g/mol. The van der Waals surface area contributed by atoms with E-state index in [0.29, 0.717) is 0 Å². The fourth-order valence-electron chi connectivity index (χ4n) is 6.92. The van der Waals surface area contributed by atoms with Gasteiger partial charge in [0.25, 0.3) is 0 Å². The minimum absolute atomic E-state index is 0. The van der Waals surface area contributed by atoms with Gasteiger partial charge in [-0.2, -0.15) is 0 Å². The Morgan fingerprint density at radius 1 is 0.452 bits per heavy atom. The van der Waals surface area contributed by atoms with Gasteiger partial charge in [-0.05, 0) is 0 Å². The summed E-state index contributed by atoms with van der Waals surface area (Å²) >= 11 is -2.23. The van der Waals surface area contributed by atoms with E-state index >= 15 is 0 Å². The maximum absolute atomic E-state index is 5.44. The van der Waals surface area contributed by atoms with Crippen LogP contribution in [0, 0.1) is 0 Å². The molecule has 0 saturated carbocycles. The third-order valence-corrected chi connectivity index (χ3v) is 12.4. The summed E-state index contributed by atoms with van der Waals surface area (Å²) in [5, 5.41) is 4.41. The van der Waals surface area contributed by atoms with E-state index in [1.807, 2.05) is 0 Å². The van der Waals surface area contributed by atoms with Crippen molar-refractivity contribution >= 4 is 56.5 Å². The van der Waals surface area contributed by atoms with Crippen LogP contribution in [-0.4, -0.2) is 43.2 Å². The number of rotatable bonds is 0. The minimum atomic E-state index is -2.23. The Kier molecular flexibility index (Phi) is 3.38. The molecule has 0 fully saturated rings. The Bertz CT molecular complexity index is 2480. The number of benzene rings is 4. The molecule has 201 valence electrons. The van der Waals surface area contributed by atoms with Gasteiger partial charge in [0.2, 0.25) is 0 Å². The van der Waals surface area contributed by atoms with Crippen LogP contribution in [0.15, 0.2) is 117 Å². The number of hydrogen-bond donors (Lipinski definition) is 0. The SMILES string of the molecule is O.c1ccc2c(c1)C1=Nc3c4ccccc4c4[n]3[Cu]35[n]6c(c7ccccc7c6=NC6=[N+]3C(=N4)c3ccccc36)=NC2=[N+]15. The van der Waals surface area contributed by atoms with Crippen molar-refractivity contribution in [3.05, 3.63) is 130 Å². The maximum atomic E-state index is 5.44. The molecule has 0 amide bonds. The van der Waals surface area contributed by atoms with Crippen LogP contribution >= 0.6 is 0 Å². The summed E-state index contributed by atoms with van der Waals surface area (Å²) in [6, 6.07) is 34.2. The van der Waals surface area contributed by atoms with Gasteiger partial charge >= 0.3 is 235 Å². The first kappa shape index (κ1) is 21.5. The molecule has 9 nitrogen and oxygen atoms in total. The second-order valence-electron chi connectivity index (χ2n) is 10.6. The van der Waals surface area contributed by atoms with Gasteiger partial charge in [0.05, 0.1) is 0 Å². The average Bonchev–Trinajstić information content (AvgIpc) is 3.74. The van der Waals surface area contributed by atoms with E-state index < -0.39 is 13.7 Å². The average molecular weight is 594 g/mol. The van der Waals surface area contributed by atoms with Crippen LogP contribution in [-0.2, 0) is 13.7 Å². The molecule has 0 atom stereocenters. The van der Waals surface area contributed by atoms with E-state index in [0.717, 1.165) is 89.8 Å². The van der Waals surface area contributed by atoms with Crippen LogP contribution in [0.5, 0.6) is 0 Å². The Labute approximate surface area is 239 Å². The van der Waals surface area contributed by atoms with E-state index in [1.54, 1.807) is 0 Å². The van der Waals surface area contributed by atoms with Gasteiger partial charge in [-0.3, -0.25) is 0 Å². The van der Waals surface area contributed by atoms with Crippen LogP contribution in [0.25, 0.3) is 21.5 Å². The molecular formula is C32H18CuN8O+2. The number of hydrogen-bond acceptors (Lipinski definition) is 4. The third-order valence-electron chi connectivity index (χ3n) is 8.56. The van der Waals surface area contributed by atoms with Crippen molar-refractivity contribution in [3.8, 4) is 0 Å². The summed E-state index contributed by atoms with van der Waals surface area (Å²) in [5.41, 5.74) is 6.28. The molecule has 10 heteroatoms. The Morgan fingerprint density at radius 3 is 1.33 bits per heavy atom. The standard InChI is InChI=1S/C32H16N8.Cu.H2O/c1-2-10-18-17(9-1)25-33-26(18)38-28-21-13-5-6-14-22(21)30(35-28)40-32-24-16-8-7-15-23(24)31(36-32)39-29-20-12-4-3-11-19(20)27(34-29)37-25;;/h1-16H;;1H2/q-2;+4;. The molecule has 0 radical (unpaired) electrons. The summed E-state index contributed by atoms with van der Waals surface area (Å²) in [6.45, 7) is 0. The van der Waals surface area contributed by atoms with E-state index in [4.69, 9.17) is 20.0 Å². The van der Waals surface area contributed by atoms with Crippen molar-refractivity contribution in [1.82, 2.24) is 7.17 Å². The summed E-state index contributed by atoms with van der Waals surface area (Å²) < 4.78 is 9.64. The number of amidine groups is 4. The molecule has 8 heterocycles. The summed E-state index contributed by atoms with van der Waals surface area (Å²) in [5.74, 6) is 5.59. The second-order valence-corrected chi connectivity index (χ2v) is 13.4. The van der Waals surface area contributed by atoms with Crippen LogP contribution in [0.4, 0.5) is 11.6 Å². The summed E-state index contributed by atoms with van der Waals surface area (Å²) in [4.78, 5) is 21.7. The molecule has 6 aromatic rings. The molecule has 6 aliphatic heterocycles. The zero-order chi connectivity index (χ0) is 26.2. The fourth-order valence-corrected chi connectivity index (χ4v) is 11.5. The molecule has 2 aromatic heterocycles. The summed E-state index contributed by atoms with van der Waals surface area (Å²) in [6.07, 6.45) is 0. The van der Waals surface area contributed by atoms with E-state index in [1.165, 1.54) is 0 Å². The predicted octanol–water partition coefficient (Wildman–Crippen LogP) is 2.98. The summed E-state index contributed by atoms with van der Waals surface area (Å²) in [7, 11) is 0. The zero-order valence-corrected chi connectivity index (χ0v) is 22.6. The van der Waals surface area contributed by atoms with Gasteiger partial charge in [0.1, 0.15) is 0 Å². The normalized spacial score (nSPS) is 18.8. The van der Waals surface area contributed by atoms with Gasteiger partial charge in [0, 0.05) is 0 Å². The first-order valence-corrected chi connectivity index (χ1v) is 15.1. The fraction of sp³-hybridized carbons (Fsp3) is 0. The number of fused-ring (bicyclic) bond motifs is 12. The van der Waals surface area contributed by atoms with Crippen molar-refractivity contribution in [1.29, 1.82) is 0 Å². The van der Waals surface area contributed by atoms with E-state index in [9.17, 15) is 0 Å². The van der Waals surface area contributed by atoms with E-state index in [2.05, 4.69) is 111 Å². The van der Waals surface area contributed by atoms with Crippen molar-refractivity contribution in [2.24, 2.45) is 20.0 Å². The quantitative estimate of drug-likeness (QED) is 0.242. The second kappa shape index (κ2) is 6.61. The molecule has 1 spiro atoms. The van der Waals surface area contributed by atoms with Gasteiger partial charge < -0.3 is 5.48 Å². The van der Waals surface area contributed by atoms with Crippen molar-refractivity contribution in [3.63, 3.8) is 0 Å². The third kappa shape index (κ3) is 1.94. The molecule has 2 N–H and O–H groups in total. The predicted molar refractivity (Wildman–Crippen MR) is 155 cm³/mol. The first-order chi connectivity index (χ1) is 20.4. The molecule has 0 unspecified atom stereocenters. The van der Waals surface area contributed by atoms with Crippen molar-refractivity contribution < 1.29 is 26.4 Å². The number of nitrogens with zero attached hydrogens (tertiary/aromatic N) is 8. The number of aliphatic imine (C=N–C) groups is 2. The van der Waals surface area contributed by atoms with Crippen LogP contribution in [0.1, 0.15) is 22.3 Å². The van der Waals surface area contributed by atoms with E-state index in [-0.39, 0.29) is 5.48 Å². The van der Waals surface area contributed by atoms with Crippen LogP contribution < -0.4 is 11.0 Å². The van der Waals surface area contributed by atoms with Gasteiger partial charge in [0.15, 0.2) is 0 Å². The van der Waals surface area contributed by atoms with Gasteiger partial charge in [-0.25, -0.2) is 0 Å². The topological polar surface area (TPSA) is 96.8 Å². The molecule has 0 aliphatic carbocycles. The van der Waals surface area contributed by atoms with Crippen LogP contribution in [0.2, 0.25) is 0 Å². The Balaban J connectivity index is 0.00000225. The molecule has 6 aliphatic rings. The van der Waals surface area contributed by atoms with Crippen LogP contribution in [0.3, 0.4) is 0 Å². The molecule has 12 rings (SSSR count). The van der Waals surface area contributed by atoms with Crippen molar-refractivity contribution in [2.45, 2.75) is 0 Å². The Morgan fingerprint density at radius 2 is 0.857 bits per heavy atom.